The molecule has 0 fully saturated rings. The maximum Gasteiger partial charge on any atom is 0.407 e. The highest BCUT2D eigenvalue weighted by atomic mass is 35.5. The quantitative estimate of drug-likeness (QED) is 0.842. The minimum atomic E-state index is -1.35. The molecule has 0 spiro atoms. The van der Waals surface area contributed by atoms with E-state index in [0.717, 1.165) is 0 Å². The Morgan fingerprint density at radius 2 is 1.94 bits per heavy atom. The van der Waals surface area contributed by atoms with Gasteiger partial charge in [-0.2, -0.15) is 0 Å². The van der Waals surface area contributed by atoms with Gasteiger partial charge in [0.2, 0.25) is 5.79 Å². The van der Waals surface area contributed by atoms with Gasteiger partial charge in [-0.25, -0.2) is 4.79 Å². The van der Waals surface area contributed by atoms with Crippen molar-refractivity contribution in [3.63, 3.8) is 0 Å². The molecule has 1 aromatic rings. The van der Waals surface area contributed by atoms with Crippen LogP contribution in [0.1, 0.15) is 25.3 Å². The Morgan fingerprint density at radius 3 is 2.33 bits per heavy atom. The van der Waals surface area contributed by atoms with Crippen molar-refractivity contribution in [2.45, 2.75) is 25.6 Å². The molecule has 0 aliphatic rings. The van der Waals surface area contributed by atoms with Gasteiger partial charge in [0, 0.05) is 13.5 Å². The zero-order chi connectivity index (χ0) is 13.8. The molecule has 1 rings (SSSR count). The van der Waals surface area contributed by atoms with Gasteiger partial charge >= 0.3 is 6.09 Å². The van der Waals surface area contributed by atoms with Gasteiger partial charge in [-0.15, -0.1) is 0 Å². The summed E-state index contributed by atoms with van der Waals surface area (Å²) in [4.78, 5) is 11.1. The molecule has 6 heteroatoms. The summed E-state index contributed by atoms with van der Waals surface area (Å²) in [6.45, 7) is 1.92. The van der Waals surface area contributed by atoms with Crippen molar-refractivity contribution >= 4 is 29.3 Å². The lowest BCUT2D eigenvalue weighted by Gasteiger charge is -2.32. The number of amides is 1. The van der Waals surface area contributed by atoms with Crippen LogP contribution < -0.4 is 5.73 Å². The number of ether oxygens (including phenoxy) is 2. The first-order valence-corrected chi connectivity index (χ1v) is 6.20. The van der Waals surface area contributed by atoms with E-state index in [1.54, 1.807) is 18.2 Å². The van der Waals surface area contributed by atoms with Crippen molar-refractivity contribution in [1.29, 1.82) is 0 Å². The zero-order valence-electron chi connectivity index (χ0n) is 10.2. The van der Waals surface area contributed by atoms with E-state index in [0.29, 0.717) is 28.5 Å². The number of halogens is 2. The first kappa shape index (κ1) is 15.1. The molecule has 0 saturated carbocycles. The smallest absolute Gasteiger partial charge is 0.407 e. The van der Waals surface area contributed by atoms with Crippen molar-refractivity contribution in [1.82, 2.24) is 0 Å². The van der Waals surface area contributed by atoms with Crippen molar-refractivity contribution in [3.05, 3.63) is 33.8 Å². The Labute approximate surface area is 116 Å². The molecule has 0 aliphatic carbocycles. The largest absolute Gasteiger partial charge is 0.412 e. The molecule has 1 aromatic carbocycles. The number of rotatable bonds is 5. The summed E-state index contributed by atoms with van der Waals surface area (Å²) < 4.78 is 10.5. The lowest BCUT2D eigenvalue weighted by molar-refractivity contribution is -0.196. The van der Waals surface area contributed by atoms with Crippen LogP contribution >= 0.6 is 23.2 Å². The van der Waals surface area contributed by atoms with E-state index < -0.39 is 11.9 Å². The number of benzene rings is 1. The van der Waals surface area contributed by atoms with E-state index in [1.165, 1.54) is 7.11 Å². The lowest BCUT2D eigenvalue weighted by Crippen LogP contribution is -2.37. The number of methoxy groups -OCH3 is 1. The summed E-state index contributed by atoms with van der Waals surface area (Å²) in [6.07, 6.45) is 0.153. The minimum Gasteiger partial charge on any atom is -0.412 e. The van der Waals surface area contributed by atoms with Crippen LogP contribution in [0, 0.1) is 0 Å². The van der Waals surface area contributed by atoms with Gasteiger partial charge in [-0.3, -0.25) is 0 Å². The summed E-state index contributed by atoms with van der Waals surface area (Å²) in [5.74, 6) is -1.35. The fourth-order valence-corrected chi connectivity index (χ4v) is 2.51. The van der Waals surface area contributed by atoms with Crippen molar-refractivity contribution in [2.24, 2.45) is 5.73 Å². The maximum atomic E-state index is 11.1. The van der Waals surface area contributed by atoms with Crippen molar-refractivity contribution in [2.75, 3.05) is 7.11 Å². The average molecular weight is 292 g/mol. The molecule has 18 heavy (non-hydrogen) atoms. The molecular formula is C12H15Cl2NO3. The lowest BCUT2D eigenvalue weighted by atomic mass is 10.0. The first-order valence-electron chi connectivity index (χ1n) is 5.45. The predicted molar refractivity (Wildman–Crippen MR) is 70.7 cm³/mol. The summed E-state index contributed by atoms with van der Waals surface area (Å²) in [5.41, 5.74) is 5.51. The molecule has 0 aliphatic heterocycles. The van der Waals surface area contributed by atoms with Crippen LogP contribution in [-0.2, 0) is 15.3 Å². The second-order valence-corrected chi connectivity index (χ2v) is 4.54. The number of carbonyl (C=O) groups excluding carboxylic acids is 1. The fourth-order valence-electron chi connectivity index (χ4n) is 1.83. The van der Waals surface area contributed by atoms with E-state index >= 15 is 0 Å². The van der Waals surface area contributed by atoms with Crippen LogP contribution in [0.4, 0.5) is 4.79 Å². The second-order valence-electron chi connectivity index (χ2n) is 3.72. The topological polar surface area (TPSA) is 61.6 Å². The highest BCUT2D eigenvalue weighted by Crippen LogP contribution is 2.40. The monoisotopic (exact) mass is 291 g/mol. The molecule has 0 bridgehead atoms. The molecule has 1 atom stereocenters. The Balaban J connectivity index is 3.36. The van der Waals surface area contributed by atoms with E-state index in [1.807, 2.05) is 6.92 Å². The van der Waals surface area contributed by atoms with Crippen LogP contribution in [0.3, 0.4) is 0 Å². The highest BCUT2D eigenvalue weighted by molar-refractivity contribution is 6.36. The fraction of sp³-hybridized carbons (Fsp3) is 0.417. The van der Waals surface area contributed by atoms with Crippen molar-refractivity contribution < 1.29 is 14.3 Å². The number of carbonyl (C=O) groups is 1. The van der Waals surface area contributed by atoms with E-state index in [9.17, 15) is 4.79 Å². The third kappa shape index (κ3) is 3.07. The highest BCUT2D eigenvalue weighted by Gasteiger charge is 2.39. The van der Waals surface area contributed by atoms with Crippen LogP contribution in [0.2, 0.25) is 10.0 Å². The van der Waals surface area contributed by atoms with Gasteiger partial charge < -0.3 is 15.2 Å². The molecule has 0 heterocycles. The Bertz CT molecular complexity index is 419. The molecule has 1 amide bonds. The van der Waals surface area contributed by atoms with Gasteiger partial charge in [0.25, 0.3) is 0 Å². The molecular weight excluding hydrogens is 277 g/mol. The summed E-state index contributed by atoms with van der Waals surface area (Å²) in [5, 5.41) is 0.720. The third-order valence-corrected chi connectivity index (χ3v) is 3.15. The Hall–Kier alpha value is -0.970. The molecule has 0 radical (unpaired) electrons. The standard InChI is InChI=1S/C12H15Cl2NO3/c1-3-7-12(17-2,18-11(15)16)10-8(13)5-4-6-9(10)14/h4-6H,3,7H2,1-2H3,(H2,15,16). The maximum absolute atomic E-state index is 11.1. The van der Waals surface area contributed by atoms with Crippen LogP contribution in [-0.4, -0.2) is 13.2 Å². The molecule has 1 unspecified atom stereocenters. The van der Waals surface area contributed by atoms with Gasteiger partial charge in [-0.1, -0.05) is 36.2 Å². The summed E-state index contributed by atoms with van der Waals surface area (Å²) in [7, 11) is 1.41. The average Bonchev–Trinajstić information content (AvgIpc) is 2.28. The molecule has 2 N–H and O–H groups in total. The van der Waals surface area contributed by atoms with E-state index in [-0.39, 0.29) is 0 Å². The molecule has 0 aromatic heterocycles. The SMILES string of the molecule is CCCC(OC)(OC(N)=O)c1c(Cl)cccc1Cl. The van der Waals surface area contributed by atoms with Crippen LogP contribution in [0.25, 0.3) is 0 Å². The second kappa shape index (κ2) is 6.27. The molecule has 4 nitrogen and oxygen atoms in total. The number of hydrogen-bond donors (Lipinski definition) is 1. The summed E-state index contributed by atoms with van der Waals surface area (Å²) >= 11 is 12.2. The third-order valence-electron chi connectivity index (χ3n) is 2.52. The van der Waals surface area contributed by atoms with E-state index in [4.69, 9.17) is 38.4 Å². The van der Waals surface area contributed by atoms with Crippen molar-refractivity contribution in [3.8, 4) is 0 Å². The molecule has 0 saturated heterocycles. The minimum absolute atomic E-state index is 0.360. The van der Waals surface area contributed by atoms with Gasteiger partial charge in [0.1, 0.15) is 0 Å². The summed E-state index contributed by atoms with van der Waals surface area (Å²) in [6, 6.07) is 5.00. The molecule has 100 valence electrons. The number of hydrogen-bond acceptors (Lipinski definition) is 3. The normalized spacial score (nSPS) is 14.0. The van der Waals surface area contributed by atoms with Gasteiger partial charge in [-0.05, 0) is 18.6 Å². The van der Waals surface area contributed by atoms with Crippen LogP contribution in [0.15, 0.2) is 18.2 Å². The first-order chi connectivity index (χ1) is 8.46. The number of nitrogens with two attached hydrogens (primary N) is 1. The van der Waals surface area contributed by atoms with Crippen LogP contribution in [0.5, 0.6) is 0 Å². The number of primary amides is 1. The Morgan fingerprint density at radius 1 is 1.39 bits per heavy atom. The van der Waals surface area contributed by atoms with E-state index in [2.05, 4.69) is 0 Å². The Kier molecular flexibility index (Phi) is 5.26. The van der Waals surface area contributed by atoms with Gasteiger partial charge in [0.15, 0.2) is 0 Å². The van der Waals surface area contributed by atoms with Gasteiger partial charge in [0.05, 0.1) is 15.6 Å². The zero-order valence-corrected chi connectivity index (χ0v) is 11.7. The predicted octanol–water partition coefficient (Wildman–Crippen LogP) is 3.69.